The molecule has 0 aliphatic carbocycles. The van der Waals surface area contributed by atoms with Gasteiger partial charge in [0.2, 0.25) is 11.6 Å². The molecule has 1 aromatic heterocycles. The highest BCUT2D eigenvalue weighted by atomic mass is 32.2. The van der Waals surface area contributed by atoms with Crippen LogP contribution in [0, 0.1) is 17.0 Å². The minimum Gasteiger partial charge on any atom is -0.321 e. The summed E-state index contributed by atoms with van der Waals surface area (Å²) in [7, 11) is -3.97. The summed E-state index contributed by atoms with van der Waals surface area (Å²) in [5.41, 5.74) is 3.52. The minimum absolute atomic E-state index is 0.0111. The summed E-state index contributed by atoms with van der Waals surface area (Å²) in [5.74, 6) is -0.226. The number of rotatable bonds is 8. The Morgan fingerprint density at radius 2 is 1.73 bits per heavy atom. The van der Waals surface area contributed by atoms with Crippen molar-refractivity contribution in [2.45, 2.75) is 18.7 Å². The van der Waals surface area contributed by atoms with Crippen LogP contribution in [0.25, 0.3) is 0 Å². The smallest absolute Gasteiger partial charge is 0.321 e. The third-order valence-corrected chi connectivity index (χ3v) is 5.52. The van der Waals surface area contributed by atoms with Crippen LogP contribution in [0.1, 0.15) is 12.5 Å². The van der Waals surface area contributed by atoms with Gasteiger partial charge in [0.25, 0.3) is 10.0 Å². The quantitative estimate of drug-likeness (QED) is 0.413. The molecule has 0 atom stereocenters. The van der Waals surface area contributed by atoms with Crippen molar-refractivity contribution in [3.63, 3.8) is 0 Å². The van der Waals surface area contributed by atoms with Gasteiger partial charge in [-0.05, 0) is 38.1 Å². The fourth-order valence-electron chi connectivity index (χ4n) is 2.78. The Balaban J connectivity index is 1.95. The Morgan fingerprint density at radius 1 is 1.07 bits per heavy atom. The summed E-state index contributed by atoms with van der Waals surface area (Å²) >= 11 is 0. The molecule has 11 heteroatoms. The third-order valence-electron chi connectivity index (χ3n) is 4.26. The van der Waals surface area contributed by atoms with Gasteiger partial charge < -0.3 is 4.90 Å². The highest BCUT2D eigenvalue weighted by Gasteiger charge is 2.28. The molecule has 0 radical (unpaired) electrons. The summed E-state index contributed by atoms with van der Waals surface area (Å²) in [6.07, 6.45) is 1.14. The molecule has 0 amide bonds. The molecule has 2 aromatic carbocycles. The number of benzene rings is 2. The number of sulfonamides is 1. The molecule has 30 heavy (non-hydrogen) atoms. The van der Waals surface area contributed by atoms with Crippen LogP contribution in [0.3, 0.4) is 0 Å². The lowest BCUT2D eigenvalue weighted by atomic mass is 10.2. The van der Waals surface area contributed by atoms with Crippen LogP contribution >= 0.6 is 0 Å². The van der Waals surface area contributed by atoms with E-state index in [4.69, 9.17) is 0 Å². The number of nitrogens with one attached hydrogen (secondary N) is 2. The molecule has 0 unspecified atom stereocenters. The van der Waals surface area contributed by atoms with E-state index >= 15 is 0 Å². The van der Waals surface area contributed by atoms with E-state index in [1.54, 1.807) is 41.3 Å². The van der Waals surface area contributed by atoms with Gasteiger partial charge in [-0.15, -0.1) is 4.83 Å². The maximum Gasteiger partial charge on any atom is 0.355 e. The summed E-state index contributed by atoms with van der Waals surface area (Å²) < 4.78 is 25.0. The SMILES string of the molecule is CCN(c1ccccc1)c1ncnc(NNS(=O)(=O)c2ccc(C)cc2)c1[N+](=O)[O-]. The zero-order valence-corrected chi connectivity index (χ0v) is 17.1. The van der Waals surface area contributed by atoms with E-state index in [0.29, 0.717) is 12.2 Å². The maximum atomic E-state index is 12.5. The van der Waals surface area contributed by atoms with Gasteiger partial charge in [0.1, 0.15) is 6.33 Å². The van der Waals surface area contributed by atoms with E-state index in [0.717, 1.165) is 11.9 Å². The Bertz CT molecular complexity index is 1140. The van der Waals surface area contributed by atoms with Gasteiger partial charge in [0.15, 0.2) is 0 Å². The van der Waals surface area contributed by atoms with Gasteiger partial charge >= 0.3 is 5.69 Å². The lowest BCUT2D eigenvalue weighted by Gasteiger charge is -2.22. The molecule has 0 spiro atoms. The van der Waals surface area contributed by atoms with Gasteiger partial charge in [-0.1, -0.05) is 35.9 Å². The number of aryl methyl sites for hydroxylation is 1. The standard InChI is InChI=1S/C19H20N6O4S/c1-3-24(15-7-5-4-6-8-15)19-17(25(26)27)18(20-13-21-19)22-23-30(28,29)16-11-9-14(2)10-12-16/h4-13,23H,3H2,1-2H3,(H,20,21,22). The van der Waals surface area contributed by atoms with Crippen LogP contribution in [0.15, 0.2) is 65.8 Å². The van der Waals surface area contributed by atoms with Crippen LogP contribution in [-0.2, 0) is 10.0 Å². The monoisotopic (exact) mass is 428 g/mol. The number of nitrogens with zero attached hydrogens (tertiary/aromatic N) is 4. The van der Waals surface area contributed by atoms with Crippen molar-refractivity contribution < 1.29 is 13.3 Å². The second kappa shape index (κ2) is 8.84. The van der Waals surface area contributed by atoms with Crippen molar-refractivity contribution in [3.8, 4) is 0 Å². The summed E-state index contributed by atoms with van der Waals surface area (Å²) in [6.45, 7) is 4.06. The van der Waals surface area contributed by atoms with Crippen LogP contribution in [0.4, 0.5) is 23.0 Å². The fraction of sp³-hybridized carbons (Fsp3) is 0.158. The number of nitro groups is 1. The predicted octanol–water partition coefficient (Wildman–Crippen LogP) is 3.16. The van der Waals surface area contributed by atoms with Gasteiger partial charge in [0.05, 0.1) is 9.82 Å². The zero-order valence-electron chi connectivity index (χ0n) is 16.3. The second-order valence-corrected chi connectivity index (χ2v) is 7.96. The van der Waals surface area contributed by atoms with Gasteiger partial charge in [-0.3, -0.25) is 15.5 Å². The van der Waals surface area contributed by atoms with Crippen LogP contribution in [0.5, 0.6) is 0 Å². The van der Waals surface area contributed by atoms with E-state index in [1.165, 1.54) is 12.1 Å². The first-order valence-corrected chi connectivity index (χ1v) is 10.5. The van der Waals surface area contributed by atoms with E-state index in [2.05, 4.69) is 20.2 Å². The minimum atomic E-state index is -3.97. The molecule has 0 saturated carbocycles. The highest BCUT2D eigenvalue weighted by molar-refractivity contribution is 7.89. The normalized spacial score (nSPS) is 11.1. The van der Waals surface area contributed by atoms with Gasteiger partial charge in [-0.25, -0.2) is 18.4 Å². The first-order chi connectivity index (χ1) is 14.3. The average Bonchev–Trinajstić information content (AvgIpc) is 2.74. The van der Waals surface area contributed by atoms with E-state index in [1.807, 2.05) is 19.9 Å². The largest absolute Gasteiger partial charge is 0.355 e. The van der Waals surface area contributed by atoms with Gasteiger partial charge in [0, 0.05) is 12.2 Å². The molecule has 2 N–H and O–H groups in total. The molecule has 156 valence electrons. The van der Waals surface area contributed by atoms with E-state index in [-0.39, 0.29) is 16.5 Å². The first-order valence-electron chi connectivity index (χ1n) is 9.00. The van der Waals surface area contributed by atoms with Gasteiger partial charge in [-0.2, -0.15) is 0 Å². The first kappa shape index (κ1) is 21.1. The molecule has 3 rings (SSSR count). The number of hydrogen-bond donors (Lipinski definition) is 2. The molecular weight excluding hydrogens is 408 g/mol. The van der Waals surface area contributed by atoms with Crippen molar-refractivity contribution in [1.82, 2.24) is 14.8 Å². The Labute approximate surface area is 173 Å². The second-order valence-electron chi connectivity index (χ2n) is 6.27. The number of hydrogen-bond acceptors (Lipinski definition) is 8. The molecule has 0 aliphatic rings. The van der Waals surface area contributed by atoms with Crippen molar-refractivity contribution in [2.75, 3.05) is 16.9 Å². The Morgan fingerprint density at radius 3 is 2.33 bits per heavy atom. The number of hydrazine groups is 1. The Hall–Kier alpha value is -3.57. The highest BCUT2D eigenvalue weighted by Crippen LogP contribution is 2.35. The molecule has 1 heterocycles. The Kier molecular flexibility index (Phi) is 6.23. The fourth-order valence-corrected chi connectivity index (χ4v) is 3.62. The van der Waals surface area contributed by atoms with Crippen LogP contribution in [-0.4, -0.2) is 29.9 Å². The number of anilines is 3. The average molecular weight is 428 g/mol. The molecular formula is C19H20N6O4S. The number of para-hydroxylation sites is 1. The third kappa shape index (κ3) is 4.53. The topological polar surface area (TPSA) is 130 Å². The summed E-state index contributed by atoms with van der Waals surface area (Å²) in [6, 6.07) is 15.2. The van der Waals surface area contributed by atoms with Crippen molar-refractivity contribution in [1.29, 1.82) is 0 Å². The zero-order chi connectivity index (χ0) is 21.7. The summed E-state index contributed by atoms with van der Waals surface area (Å²) in [5, 5.41) is 11.8. The van der Waals surface area contributed by atoms with Crippen LogP contribution in [0.2, 0.25) is 0 Å². The molecule has 0 bridgehead atoms. The lowest BCUT2D eigenvalue weighted by molar-refractivity contribution is -0.383. The van der Waals surface area contributed by atoms with Crippen LogP contribution < -0.4 is 15.2 Å². The maximum absolute atomic E-state index is 12.5. The van der Waals surface area contributed by atoms with E-state index < -0.39 is 20.6 Å². The molecule has 10 nitrogen and oxygen atoms in total. The molecule has 0 fully saturated rings. The predicted molar refractivity (Wildman–Crippen MR) is 113 cm³/mol. The number of aromatic nitrogens is 2. The molecule has 0 saturated heterocycles. The van der Waals surface area contributed by atoms with Crippen molar-refractivity contribution in [2.24, 2.45) is 0 Å². The molecule has 3 aromatic rings. The summed E-state index contributed by atoms with van der Waals surface area (Å²) in [4.78, 5) is 22.9. The van der Waals surface area contributed by atoms with Crippen molar-refractivity contribution >= 4 is 33.0 Å². The lowest BCUT2D eigenvalue weighted by Crippen LogP contribution is -2.31. The van der Waals surface area contributed by atoms with E-state index in [9.17, 15) is 18.5 Å². The van der Waals surface area contributed by atoms with Crippen molar-refractivity contribution in [3.05, 3.63) is 76.6 Å². The molecule has 0 aliphatic heterocycles.